The van der Waals surface area contributed by atoms with Crippen LogP contribution in [-0.4, -0.2) is 31.1 Å². The Bertz CT molecular complexity index is 767. The molecule has 0 saturated carbocycles. The van der Waals surface area contributed by atoms with Gasteiger partial charge in [-0.15, -0.1) is 0 Å². The smallest absolute Gasteiger partial charge is 0.319 e. The van der Waals surface area contributed by atoms with E-state index < -0.39 is 12.1 Å². The Morgan fingerprint density at radius 2 is 1.69 bits per heavy atom. The summed E-state index contributed by atoms with van der Waals surface area (Å²) in [5.74, 6) is 0.540. The van der Waals surface area contributed by atoms with Crippen molar-refractivity contribution in [3.05, 3.63) is 59.6 Å². The molecule has 2 aromatic carbocycles. The molecule has 7 heteroatoms. The van der Waals surface area contributed by atoms with Gasteiger partial charge >= 0.3 is 6.03 Å². The zero-order valence-electron chi connectivity index (χ0n) is 16.8. The van der Waals surface area contributed by atoms with Crippen LogP contribution in [-0.2, 0) is 4.79 Å². The highest BCUT2D eigenvalue weighted by atomic mass is 35.5. The topological polar surface area (TPSA) is 79.5 Å². The summed E-state index contributed by atoms with van der Waals surface area (Å²) < 4.78 is 5.63. The highest BCUT2D eigenvalue weighted by molar-refractivity contribution is 6.30. The van der Waals surface area contributed by atoms with E-state index in [9.17, 15) is 9.59 Å². The third-order valence-electron chi connectivity index (χ3n) is 4.22. The van der Waals surface area contributed by atoms with E-state index in [0.29, 0.717) is 23.9 Å². The van der Waals surface area contributed by atoms with Crippen LogP contribution in [0.1, 0.15) is 26.7 Å². The molecular formula is C22H28ClN3O3. The Kier molecular flexibility index (Phi) is 9.31. The van der Waals surface area contributed by atoms with Crippen LogP contribution in [0.3, 0.4) is 0 Å². The van der Waals surface area contributed by atoms with Gasteiger partial charge in [-0.3, -0.25) is 4.79 Å². The number of benzene rings is 2. The van der Waals surface area contributed by atoms with Gasteiger partial charge in [-0.2, -0.15) is 0 Å². The summed E-state index contributed by atoms with van der Waals surface area (Å²) in [6.07, 6.45) is 1.58. The van der Waals surface area contributed by atoms with E-state index in [1.165, 1.54) is 0 Å². The first-order chi connectivity index (χ1) is 14.0. The maximum absolute atomic E-state index is 12.5. The molecule has 29 heavy (non-hydrogen) atoms. The molecular weight excluding hydrogens is 390 g/mol. The summed E-state index contributed by atoms with van der Waals surface area (Å²) in [6.45, 7) is 4.87. The standard InChI is InChI=1S/C22H28ClN3O3/c1-16(2)20(26-22(28)25-18-8-4-3-5-9-18)21(27)24-14-6-7-15-29-19-12-10-17(23)11-13-19/h3-5,8-13,16,20H,6-7,14-15H2,1-2H3,(H,24,27)(H2,25,26,28)/t20-/m0/s1. The maximum Gasteiger partial charge on any atom is 0.319 e. The van der Waals surface area contributed by atoms with E-state index in [2.05, 4.69) is 16.0 Å². The van der Waals surface area contributed by atoms with Gasteiger partial charge in [0.1, 0.15) is 11.8 Å². The van der Waals surface area contributed by atoms with E-state index in [0.717, 1.165) is 18.6 Å². The van der Waals surface area contributed by atoms with Crippen molar-refractivity contribution in [1.82, 2.24) is 10.6 Å². The Labute approximate surface area is 177 Å². The lowest BCUT2D eigenvalue weighted by atomic mass is 10.0. The van der Waals surface area contributed by atoms with Crippen molar-refractivity contribution in [3.63, 3.8) is 0 Å². The lowest BCUT2D eigenvalue weighted by Gasteiger charge is -2.22. The van der Waals surface area contributed by atoms with Crippen molar-refractivity contribution in [3.8, 4) is 5.75 Å². The zero-order valence-corrected chi connectivity index (χ0v) is 17.5. The Morgan fingerprint density at radius 3 is 2.34 bits per heavy atom. The summed E-state index contributed by atoms with van der Waals surface area (Å²) >= 11 is 5.84. The first-order valence-electron chi connectivity index (χ1n) is 9.74. The number of ether oxygens (including phenoxy) is 1. The maximum atomic E-state index is 12.5. The number of amides is 3. The third kappa shape index (κ3) is 8.44. The van der Waals surface area contributed by atoms with Gasteiger partial charge in [-0.1, -0.05) is 43.6 Å². The Hall–Kier alpha value is -2.73. The van der Waals surface area contributed by atoms with Gasteiger partial charge in [-0.25, -0.2) is 4.79 Å². The van der Waals surface area contributed by atoms with Crippen molar-refractivity contribution < 1.29 is 14.3 Å². The molecule has 156 valence electrons. The molecule has 0 fully saturated rings. The van der Waals surface area contributed by atoms with Gasteiger partial charge in [0.2, 0.25) is 5.91 Å². The van der Waals surface area contributed by atoms with Crippen molar-refractivity contribution >= 4 is 29.2 Å². The van der Waals surface area contributed by atoms with Crippen LogP contribution >= 0.6 is 11.6 Å². The molecule has 0 aliphatic carbocycles. The Morgan fingerprint density at radius 1 is 1.00 bits per heavy atom. The second kappa shape index (κ2) is 12.0. The second-order valence-corrected chi connectivity index (χ2v) is 7.42. The molecule has 6 nitrogen and oxygen atoms in total. The van der Waals surface area contributed by atoms with Gasteiger partial charge in [0.25, 0.3) is 0 Å². The lowest BCUT2D eigenvalue weighted by molar-refractivity contribution is -0.123. The molecule has 0 radical (unpaired) electrons. The van der Waals surface area contributed by atoms with Gasteiger partial charge in [-0.05, 0) is 55.2 Å². The second-order valence-electron chi connectivity index (χ2n) is 6.99. The highest BCUT2D eigenvalue weighted by Crippen LogP contribution is 2.15. The van der Waals surface area contributed by atoms with Crippen molar-refractivity contribution in [2.24, 2.45) is 5.92 Å². The molecule has 0 spiro atoms. The van der Waals surface area contributed by atoms with Crippen molar-refractivity contribution in [2.75, 3.05) is 18.5 Å². The molecule has 0 aliphatic rings. The minimum absolute atomic E-state index is 0.0373. The molecule has 3 N–H and O–H groups in total. The summed E-state index contributed by atoms with van der Waals surface area (Å²) in [5.41, 5.74) is 0.675. The average Bonchev–Trinajstić information content (AvgIpc) is 2.70. The largest absolute Gasteiger partial charge is 0.494 e. The van der Waals surface area contributed by atoms with Crippen LogP contribution in [0.15, 0.2) is 54.6 Å². The van der Waals surface area contributed by atoms with E-state index in [1.54, 1.807) is 24.3 Å². The van der Waals surface area contributed by atoms with Crippen molar-refractivity contribution in [2.45, 2.75) is 32.7 Å². The van der Waals surface area contributed by atoms with Crippen LogP contribution in [0, 0.1) is 5.92 Å². The molecule has 2 aromatic rings. The minimum Gasteiger partial charge on any atom is -0.494 e. The third-order valence-corrected chi connectivity index (χ3v) is 4.47. The van der Waals surface area contributed by atoms with Gasteiger partial charge in [0, 0.05) is 17.3 Å². The van der Waals surface area contributed by atoms with Crippen LogP contribution < -0.4 is 20.7 Å². The monoisotopic (exact) mass is 417 g/mol. The number of hydrogen-bond donors (Lipinski definition) is 3. The number of anilines is 1. The summed E-state index contributed by atoms with van der Waals surface area (Å²) in [5, 5.41) is 9.03. The normalized spacial score (nSPS) is 11.6. The highest BCUT2D eigenvalue weighted by Gasteiger charge is 2.23. The quantitative estimate of drug-likeness (QED) is 0.499. The fraction of sp³-hybridized carbons (Fsp3) is 0.364. The molecule has 0 heterocycles. The lowest BCUT2D eigenvalue weighted by Crippen LogP contribution is -2.51. The summed E-state index contributed by atoms with van der Waals surface area (Å²) in [7, 11) is 0. The Balaban J connectivity index is 1.67. The molecule has 3 amide bonds. The number of para-hydroxylation sites is 1. The predicted molar refractivity (Wildman–Crippen MR) is 116 cm³/mol. The molecule has 0 saturated heterocycles. The average molecular weight is 418 g/mol. The number of unbranched alkanes of at least 4 members (excludes halogenated alkanes) is 1. The van der Waals surface area contributed by atoms with Crippen LogP contribution in [0.5, 0.6) is 5.75 Å². The SMILES string of the molecule is CC(C)[C@H](NC(=O)Nc1ccccc1)C(=O)NCCCCOc1ccc(Cl)cc1. The zero-order chi connectivity index (χ0) is 21.1. The number of carbonyl (C=O) groups is 2. The molecule has 0 bridgehead atoms. The fourth-order valence-electron chi connectivity index (χ4n) is 2.63. The molecule has 1 atom stereocenters. The first kappa shape index (κ1) is 22.6. The van der Waals surface area contributed by atoms with Crippen LogP contribution in [0.2, 0.25) is 5.02 Å². The predicted octanol–water partition coefficient (Wildman–Crippen LogP) is 4.46. The first-order valence-corrected chi connectivity index (χ1v) is 10.1. The molecule has 0 aliphatic heterocycles. The number of rotatable bonds is 10. The number of urea groups is 1. The minimum atomic E-state index is -0.607. The number of carbonyl (C=O) groups excluding carboxylic acids is 2. The van der Waals surface area contributed by atoms with E-state index in [-0.39, 0.29) is 11.8 Å². The van der Waals surface area contributed by atoms with E-state index in [4.69, 9.17) is 16.3 Å². The fourth-order valence-corrected chi connectivity index (χ4v) is 2.76. The van der Waals surface area contributed by atoms with Gasteiger partial charge in [0.15, 0.2) is 0 Å². The van der Waals surface area contributed by atoms with Crippen molar-refractivity contribution in [1.29, 1.82) is 0 Å². The summed E-state index contributed by atoms with van der Waals surface area (Å²) in [4.78, 5) is 24.6. The number of hydrogen-bond acceptors (Lipinski definition) is 3. The van der Waals surface area contributed by atoms with E-state index in [1.807, 2.05) is 44.2 Å². The van der Waals surface area contributed by atoms with Crippen LogP contribution in [0.4, 0.5) is 10.5 Å². The molecule has 0 unspecified atom stereocenters. The van der Waals surface area contributed by atoms with E-state index >= 15 is 0 Å². The molecule has 0 aromatic heterocycles. The van der Waals surface area contributed by atoms with Gasteiger partial charge in [0.05, 0.1) is 6.61 Å². The van der Waals surface area contributed by atoms with Crippen LogP contribution in [0.25, 0.3) is 0 Å². The number of nitrogens with one attached hydrogen (secondary N) is 3. The number of halogens is 1. The van der Waals surface area contributed by atoms with Gasteiger partial charge < -0.3 is 20.7 Å². The summed E-state index contributed by atoms with van der Waals surface area (Å²) in [6, 6.07) is 15.3. The molecule has 2 rings (SSSR count).